The fraction of sp³-hybridized carbons (Fsp3) is 0.381. The Bertz CT molecular complexity index is 818. The first-order valence-electron chi connectivity index (χ1n) is 9.17. The Kier molecular flexibility index (Phi) is 6.19. The highest BCUT2D eigenvalue weighted by atomic mass is 16.5. The van der Waals surface area contributed by atoms with E-state index in [4.69, 9.17) is 4.74 Å². The molecule has 2 heterocycles. The maximum Gasteiger partial charge on any atom is 0.226 e. The topological polar surface area (TPSA) is 66.8 Å². The Balaban J connectivity index is 1.56. The maximum atomic E-state index is 12.4. The molecule has 0 aliphatic carbocycles. The van der Waals surface area contributed by atoms with E-state index in [2.05, 4.69) is 20.2 Å². The third kappa shape index (κ3) is 5.14. The Morgan fingerprint density at radius 1 is 1.30 bits per heavy atom. The van der Waals surface area contributed by atoms with E-state index in [9.17, 15) is 4.79 Å². The maximum absolute atomic E-state index is 12.4. The predicted molar refractivity (Wildman–Crippen MR) is 106 cm³/mol. The van der Waals surface area contributed by atoms with Gasteiger partial charge < -0.3 is 15.0 Å². The summed E-state index contributed by atoms with van der Waals surface area (Å²) in [6.45, 7) is 3.98. The third-order valence-electron chi connectivity index (χ3n) is 4.47. The smallest absolute Gasteiger partial charge is 0.226 e. The second kappa shape index (κ2) is 8.77. The number of rotatable bonds is 7. The summed E-state index contributed by atoms with van der Waals surface area (Å²) in [6.07, 6.45) is 2.02. The molecule has 1 aliphatic heterocycles. The number of aliphatic imine (C=N–C) groups is 1. The van der Waals surface area contributed by atoms with Crippen LogP contribution >= 0.6 is 0 Å². The summed E-state index contributed by atoms with van der Waals surface area (Å²) in [5, 5.41) is 3.02. The molecular weight excluding hydrogens is 340 g/mol. The number of fused-ring (bicyclic) bond motifs is 1. The van der Waals surface area contributed by atoms with Gasteiger partial charge in [-0.15, -0.1) is 0 Å². The van der Waals surface area contributed by atoms with E-state index in [1.54, 1.807) is 6.20 Å². The number of likely N-dealkylation sites (N-methyl/N-ethyl adjacent to an activating group) is 1. The summed E-state index contributed by atoms with van der Waals surface area (Å²) in [4.78, 5) is 23.3. The van der Waals surface area contributed by atoms with Gasteiger partial charge in [-0.05, 0) is 38.2 Å². The molecule has 0 bridgehead atoms. The lowest BCUT2D eigenvalue weighted by Gasteiger charge is -2.14. The van der Waals surface area contributed by atoms with Crippen molar-refractivity contribution in [1.82, 2.24) is 15.2 Å². The van der Waals surface area contributed by atoms with Crippen LogP contribution in [0.25, 0.3) is 0 Å². The number of hydrogen-bond donors (Lipinski definition) is 1. The van der Waals surface area contributed by atoms with E-state index in [1.165, 1.54) is 0 Å². The van der Waals surface area contributed by atoms with E-state index in [1.807, 2.05) is 57.4 Å². The first kappa shape index (κ1) is 19.0. The Morgan fingerprint density at radius 2 is 2.07 bits per heavy atom. The van der Waals surface area contributed by atoms with Crippen LogP contribution < -0.4 is 5.32 Å². The van der Waals surface area contributed by atoms with Gasteiger partial charge in [-0.25, -0.2) is 4.99 Å². The molecule has 0 unspecified atom stereocenters. The van der Waals surface area contributed by atoms with Crippen LogP contribution in [0.5, 0.6) is 0 Å². The van der Waals surface area contributed by atoms with Gasteiger partial charge in [0.15, 0.2) is 0 Å². The standard InChI is InChI=1S/C21H26N4O2/c1-15(16-7-5-4-6-8-16)24-20(26)12-18-11-17-13-23-21(19(17)14-22-18)27-10-9-25(2)3/h4-8,11,14-15H,9-10,12-13H2,1-3H3,(H,24,26)/t15-/m1/s1. The van der Waals surface area contributed by atoms with Crippen LogP contribution in [0.1, 0.15) is 35.3 Å². The molecule has 6 heteroatoms. The molecule has 2 aromatic rings. The molecule has 1 aromatic carbocycles. The summed E-state index contributed by atoms with van der Waals surface area (Å²) in [6, 6.07) is 11.8. The molecular formula is C21H26N4O2. The van der Waals surface area contributed by atoms with Gasteiger partial charge in [0.25, 0.3) is 0 Å². The largest absolute Gasteiger partial charge is 0.476 e. The molecule has 1 atom stereocenters. The van der Waals surface area contributed by atoms with Crippen molar-refractivity contribution in [3.05, 3.63) is 65.0 Å². The van der Waals surface area contributed by atoms with Crippen LogP contribution in [-0.2, 0) is 22.5 Å². The summed E-state index contributed by atoms with van der Waals surface area (Å²) in [7, 11) is 4.01. The normalized spacial score (nSPS) is 13.9. The van der Waals surface area contributed by atoms with E-state index < -0.39 is 0 Å². The van der Waals surface area contributed by atoms with E-state index in [-0.39, 0.29) is 18.4 Å². The van der Waals surface area contributed by atoms with Crippen LogP contribution in [0.4, 0.5) is 0 Å². The fourth-order valence-corrected chi connectivity index (χ4v) is 2.94. The molecule has 3 rings (SSSR count). The second-order valence-corrected chi connectivity index (χ2v) is 6.98. The summed E-state index contributed by atoms with van der Waals surface area (Å²) in [5.41, 5.74) is 3.82. The van der Waals surface area contributed by atoms with Crippen molar-refractivity contribution in [3.8, 4) is 0 Å². The molecule has 0 radical (unpaired) electrons. The third-order valence-corrected chi connectivity index (χ3v) is 4.47. The van der Waals surface area contributed by atoms with Crippen LogP contribution in [0.15, 0.2) is 47.6 Å². The van der Waals surface area contributed by atoms with Crippen molar-refractivity contribution in [1.29, 1.82) is 0 Å². The number of carbonyl (C=O) groups excluding carboxylic acids is 1. The van der Waals surface area contributed by atoms with Gasteiger partial charge in [0.05, 0.1) is 30.3 Å². The van der Waals surface area contributed by atoms with Gasteiger partial charge in [0, 0.05) is 12.7 Å². The van der Waals surface area contributed by atoms with E-state index in [0.717, 1.165) is 28.9 Å². The lowest BCUT2D eigenvalue weighted by atomic mass is 10.1. The van der Waals surface area contributed by atoms with Gasteiger partial charge in [-0.1, -0.05) is 30.3 Å². The zero-order chi connectivity index (χ0) is 19.2. The van der Waals surface area contributed by atoms with Crippen molar-refractivity contribution >= 4 is 11.8 Å². The SMILES string of the molecule is C[C@@H](NC(=O)Cc1cc2c(cn1)C(OCCN(C)C)=NC2)c1ccccc1. The zero-order valence-corrected chi connectivity index (χ0v) is 16.1. The Hall–Kier alpha value is -2.73. The van der Waals surface area contributed by atoms with Crippen molar-refractivity contribution < 1.29 is 9.53 Å². The number of nitrogens with zero attached hydrogens (tertiary/aromatic N) is 3. The molecule has 6 nitrogen and oxygen atoms in total. The lowest BCUT2D eigenvalue weighted by molar-refractivity contribution is -0.121. The van der Waals surface area contributed by atoms with Crippen molar-refractivity contribution in [2.75, 3.05) is 27.2 Å². The quantitative estimate of drug-likeness (QED) is 0.817. The number of aromatic nitrogens is 1. The minimum Gasteiger partial charge on any atom is -0.476 e. The van der Waals surface area contributed by atoms with Gasteiger partial charge in [0.2, 0.25) is 11.8 Å². The van der Waals surface area contributed by atoms with Crippen LogP contribution in [0.2, 0.25) is 0 Å². The lowest BCUT2D eigenvalue weighted by Crippen LogP contribution is -2.28. The number of hydrogen-bond acceptors (Lipinski definition) is 5. The van der Waals surface area contributed by atoms with Crippen molar-refractivity contribution in [3.63, 3.8) is 0 Å². The van der Waals surface area contributed by atoms with Crippen LogP contribution in [0, 0.1) is 0 Å². The number of pyridine rings is 1. The highest BCUT2D eigenvalue weighted by Gasteiger charge is 2.19. The molecule has 1 amide bonds. The first-order valence-corrected chi connectivity index (χ1v) is 9.17. The molecule has 0 fully saturated rings. The first-order chi connectivity index (χ1) is 13.0. The van der Waals surface area contributed by atoms with Gasteiger partial charge in [-0.2, -0.15) is 0 Å². The number of benzene rings is 1. The van der Waals surface area contributed by atoms with Crippen LogP contribution in [0.3, 0.4) is 0 Å². The second-order valence-electron chi connectivity index (χ2n) is 6.98. The molecule has 1 aliphatic rings. The minimum atomic E-state index is -0.0415. The monoisotopic (exact) mass is 366 g/mol. The van der Waals surface area contributed by atoms with E-state index >= 15 is 0 Å². The van der Waals surface area contributed by atoms with E-state index in [0.29, 0.717) is 19.0 Å². The summed E-state index contributed by atoms with van der Waals surface area (Å²) < 4.78 is 5.75. The minimum absolute atomic E-state index is 0.0341. The molecule has 142 valence electrons. The van der Waals surface area contributed by atoms with Gasteiger partial charge in [-0.3, -0.25) is 9.78 Å². The van der Waals surface area contributed by atoms with Gasteiger partial charge >= 0.3 is 0 Å². The number of ether oxygens (including phenoxy) is 1. The van der Waals surface area contributed by atoms with Crippen LogP contribution in [-0.4, -0.2) is 48.9 Å². The molecule has 0 spiro atoms. The highest BCUT2D eigenvalue weighted by molar-refractivity contribution is 5.97. The number of carbonyl (C=O) groups is 1. The number of nitrogens with one attached hydrogen (secondary N) is 1. The summed E-state index contributed by atoms with van der Waals surface area (Å²) in [5.74, 6) is 0.605. The molecule has 1 aromatic heterocycles. The molecule has 1 N–H and O–H groups in total. The Labute approximate surface area is 160 Å². The number of amides is 1. The Morgan fingerprint density at radius 3 is 2.81 bits per heavy atom. The zero-order valence-electron chi connectivity index (χ0n) is 16.1. The van der Waals surface area contributed by atoms with Crippen molar-refractivity contribution in [2.45, 2.75) is 25.9 Å². The average molecular weight is 366 g/mol. The van der Waals surface area contributed by atoms with Crippen molar-refractivity contribution in [2.24, 2.45) is 4.99 Å². The predicted octanol–water partition coefficient (Wildman–Crippen LogP) is 2.34. The molecule has 0 saturated carbocycles. The fourth-order valence-electron chi connectivity index (χ4n) is 2.94. The average Bonchev–Trinajstić information content (AvgIpc) is 3.04. The highest BCUT2D eigenvalue weighted by Crippen LogP contribution is 2.20. The summed E-state index contributed by atoms with van der Waals surface area (Å²) >= 11 is 0. The molecule has 0 saturated heterocycles. The molecule has 27 heavy (non-hydrogen) atoms. The van der Waals surface area contributed by atoms with Gasteiger partial charge in [0.1, 0.15) is 6.61 Å².